The van der Waals surface area contributed by atoms with Crippen molar-refractivity contribution in [2.75, 3.05) is 0 Å². The van der Waals surface area contributed by atoms with Gasteiger partial charge in [-0.3, -0.25) is 9.79 Å². The van der Waals surface area contributed by atoms with Crippen molar-refractivity contribution in [3.8, 4) is 18.1 Å². The van der Waals surface area contributed by atoms with Gasteiger partial charge in [0.2, 0.25) is 0 Å². The number of benzene rings is 2. The highest BCUT2D eigenvalue weighted by Crippen LogP contribution is 2.38. The van der Waals surface area contributed by atoms with E-state index in [9.17, 15) is 8.96 Å². The lowest BCUT2D eigenvalue weighted by molar-refractivity contribution is 0.283. The van der Waals surface area contributed by atoms with Crippen molar-refractivity contribution < 1.29 is 23.3 Å². The molecule has 4 nitrogen and oxygen atoms in total. The van der Waals surface area contributed by atoms with Crippen molar-refractivity contribution in [2.24, 2.45) is 0 Å². The van der Waals surface area contributed by atoms with E-state index in [0.29, 0.717) is 10.8 Å². The molecule has 0 atom stereocenters. The van der Waals surface area contributed by atoms with Gasteiger partial charge in [0.15, 0.2) is 0 Å². The summed E-state index contributed by atoms with van der Waals surface area (Å²) in [6.07, 6.45) is 5.21. The number of phosphoric ester groups is 1. The van der Waals surface area contributed by atoms with Crippen LogP contribution in [-0.2, 0) is 4.57 Å². The Morgan fingerprint density at radius 1 is 1.28 bits per heavy atom. The fraction of sp³-hybridized carbons (Fsp3) is 0. The molecule has 0 amide bonds. The molecule has 2 aromatic carbocycles. The molecule has 0 fully saturated rings. The van der Waals surface area contributed by atoms with Crippen LogP contribution in [0.2, 0.25) is 0 Å². The van der Waals surface area contributed by atoms with Gasteiger partial charge in [-0.25, -0.2) is 8.96 Å². The lowest BCUT2D eigenvalue weighted by atomic mass is 10.0. The van der Waals surface area contributed by atoms with Crippen LogP contribution in [0.5, 0.6) is 5.75 Å². The Labute approximate surface area is 102 Å². The van der Waals surface area contributed by atoms with Crippen LogP contribution in [0.25, 0.3) is 10.8 Å². The molecule has 18 heavy (non-hydrogen) atoms. The topological polar surface area (TPSA) is 66.8 Å². The lowest BCUT2D eigenvalue weighted by Gasteiger charge is -2.08. The van der Waals surface area contributed by atoms with Crippen LogP contribution in [0.1, 0.15) is 5.56 Å². The predicted octanol–water partition coefficient (Wildman–Crippen LogP) is 2.43. The minimum absolute atomic E-state index is 0.00888. The SMILES string of the molecule is C#Cc1c(F)ccc2cc(OP(=O)(O)O)ccc12. The molecule has 0 saturated carbocycles. The van der Waals surface area contributed by atoms with E-state index in [2.05, 4.69) is 10.4 Å². The molecule has 0 unspecified atom stereocenters. The van der Waals surface area contributed by atoms with Gasteiger partial charge in [-0.05, 0) is 29.7 Å². The van der Waals surface area contributed by atoms with Gasteiger partial charge in [0.05, 0.1) is 5.56 Å². The summed E-state index contributed by atoms with van der Waals surface area (Å²) in [4.78, 5) is 17.4. The van der Waals surface area contributed by atoms with Crippen LogP contribution < -0.4 is 4.52 Å². The van der Waals surface area contributed by atoms with Gasteiger partial charge in [-0.15, -0.1) is 6.42 Å². The Bertz CT molecular complexity index is 699. The Morgan fingerprint density at radius 3 is 2.61 bits per heavy atom. The number of hydrogen-bond donors (Lipinski definition) is 2. The van der Waals surface area contributed by atoms with Crippen molar-refractivity contribution in [2.45, 2.75) is 0 Å². The van der Waals surface area contributed by atoms with Gasteiger partial charge in [0, 0.05) is 5.39 Å². The minimum atomic E-state index is -4.61. The summed E-state index contributed by atoms with van der Waals surface area (Å²) in [5.41, 5.74) is 0.107. The smallest absolute Gasteiger partial charge is 0.404 e. The number of phosphoric acid groups is 1. The van der Waals surface area contributed by atoms with E-state index in [0.717, 1.165) is 0 Å². The number of fused-ring (bicyclic) bond motifs is 1. The number of rotatable bonds is 2. The van der Waals surface area contributed by atoms with Crippen molar-refractivity contribution in [1.29, 1.82) is 0 Å². The molecular weight excluding hydrogens is 258 g/mol. The normalized spacial score (nSPS) is 11.2. The summed E-state index contributed by atoms with van der Waals surface area (Å²) in [6.45, 7) is 0. The highest BCUT2D eigenvalue weighted by molar-refractivity contribution is 7.46. The molecule has 2 aromatic rings. The maximum absolute atomic E-state index is 13.4. The van der Waals surface area contributed by atoms with E-state index in [1.807, 2.05) is 0 Å². The van der Waals surface area contributed by atoms with Crippen molar-refractivity contribution in [3.05, 3.63) is 41.7 Å². The third-order valence-electron chi connectivity index (χ3n) is 2.31. The van der Waals surface area contributed by atoms with Crippen LogP contribution in [0.15, 0.2) is 30.3 Å². The van der Waals surface area contributed by atoms with E-state index in [-0.39, 0.29) is 11.3 Å². The van der Waals surface area contributed by atoms with Gasteiger partial charge < -0.3 is 4.52 Å². The summed E-state index contributed by atoms with van der Waals surface area (Å²) in [5.74, 6) is 1.71. The third-order valence-corrected chi connectivity index (χ3v) is 2.76. The van der Waals surface area contributed by atoms with E-state index in [4.69, 9.17) is 16.2 Å². The Morgan fingerprint density at radius 2 is 2.00 bits per heavy atom. The molecule has 0 saturated heterocycles. The van der Waals surface area contributed by atoms with Crippen LogP contribution in [-0.4, -0.2) is 9.79 Å². The quantitative estimate of drug-likeness (QED) is 0.647. The lowest BCUT2D eigenvalue weighted by Crippen LogP contribution is -1.91. The average Bonchev–Trinajstić information content (AvgIpc) is 2.27. The monoisotopic (exact) mass is 266 g/mol. The first kappa shape index (κ1) is 12.6. The van der Waals surface area contributed by atoms with Crippen molar-refractivity contribution in [3.63, 3.8) is 0 Å². The van der Waals surface area contributed by atoms with Crippen LogP contribution in [0.4, 0.5) is 4.39 Å². The molecule has 0 radical (unpaired) electrons. The standard InChI is InChI=1S/C12H8FO4P/c1-2-10-11-5-4-9(17-18(14,15)16)7-8(11)3-6-12(10)13/h1,3-7H,(H2,14,15,16). The number of terminal acetylenes is 1. The minimum Gasteiger partial charge on any atom is -0.404 e. The second-order valence-electron chi connectivity index (χ2n) is 3.53. The highest BCUT2D eigenvalue weighted by Gasteiger charge is 2.16. The van der Waals surface area contributed by atoms with E-state index in [1.54, 1.807) is 0 Å². The van der Waals surface area contributed by atoms with E-state index in [1.165, 1.54) is 30.3 Å². The average molecular weight is 266 g/mol. The molecule has 0 aliphatic rings. The van der Waals surface area contributed by atoms with Crippen LogP contribution in [0.3, 0.4) is 0 Å². The number of hydrogen-bond acceptors (Lipinski definition) is 2. The third kappa shape index (κ3) is 2.52. The molecule has 0 aliphatic heterocycles. The maximum Gasteiger partial charge on any atom is 0.524 e. The molecule has 0 aromatic heterocycles. The summed E-state index contributed by atoms with van der Waals surface area (Å²) < 4.78 is 28.5. The molecule has 0 bridgehead atoms. The summed E-state index contributed by atoms with van der Waals surface area (Å²) in [5, 5.41) is 1.02. The van der Waals surface area contributed by atoms with Gasteiger partial charge >= 0.3 is 7.82 Å². The summed E-state index contributed by atoms with van der Waals surface area (Å²) >= 11 is 0. The predicted molar refractivity (Wildman–Crippen MR) is 64.5 cm³/mol. The van der Waals surface area contributed by atoms with Gasteiger partial charge in [0.1, 0.15) is 11.6 Å². The first-order valence-electron chi connectivity index (χ1n) is 4.85. The van der Waals surface area contributed by atoms with Crippen molar-refractivity contribution in [1.82, 2.24) is 0 Å². The summed E-state index contributed by atoms with van der Waals surface area (Å²) in [6, 6.07) is 6.81. The summed E-state index contributed by atoms with van der Waals surface area (Å²) in [7, 11) is -4.61. The van der Waals surface area contributed by atoms with E-state index < -0.39 is 13.6 Å². The largest absolute Gasteiger partial charge is 0.524 e. The number of halogens is 1. The van der Waals surface area contributed by atoms with Crippen LogP contribution >= 0.6 is 7.82 Å². The zero-order valence-corrected chi connectivity index (χ0v) is 9.89. The molecule has 0 aliphatic carbocycles. The molecule has 0 heterocycles. The van der Waals surface area contributed by atoms with Gasteiger partial charge in [-0.2, -0.15) is 0 Å². The van der Waals surface area contributed by atoms with Gasteiger partial charge in [0.25, 0.3) is 0 Å². The molecule has 2 N–H and O–H groups in total. The van der Waals surface area contributed by atoms with Crippen LogP contribution in [0, 0.1) is 18.2 Å². The molecule has 6 heteroatoms. The van der Waals surface area contributed by atoms with Crippen molar-refractivity contribution >= 4 is 18.6 Å². The highest BCUT2D eigenvalue weighted by atomic mass is 31.2. The first-order chi connectivity index (χ1) is 8.40. The van der Waals surface area contributed by atoms with Gasteiger partial charge in [-0.1, -0.05) is 12.0 Å². The Hall–Kier alpha value is -1.86. The zero-order valence-electron chi connectivity index (χ0n) is 9.00. The fourth-order valence-electron chi connectivity index (χ4n) is 1.62. The molecular formula is C12H8FO4P. The zero-order chi connectivity index (χ0) is 13.3. The Balaban J connectivity index is 2.58. The maximum atomic E-state index is 13.4. The second kappa shape index (κ2) is 4.43. The molecule has 2 rings (SSSR count). The molecule has 0 spiro atoms. The second-order valence-corrected chi connectivity index (χ2v) is 4.70. The molecule has 92 valence electrons. The fourth-order valence-corrected chi connectivity index (χ4v) is 2.01. The Kier molecular flexibility index (Phi) is 3.10. The first-order valence-corrected chi connectivity index (χ1v) is 6.38. The van der Waals surface area contributed by atoms with E-state index >= 15 is 0 Å².